The predicted molar refractivity (Wildman–Crippen MR) is 59.7 cm³/mol. The molecule has 1 saturated heterocycles. The Balaban J connectivity index is 2.40. The van der Waals surface area contributed by atoms with Gasteiger partial charge in [-0.25, -0.2) is 4.79 Å². The Morgan fingerprint density at radius 1 is 1.53 bits per heavy atom. The molecule has 0 bridgehead atoms. The molecule has 4 heteroatoms. The minimum Gasteiger partial charge on any atom is -0.396 e. The lowest BCUT2D eigenvalue weighted by Crippen LogP contribution is -2.49. The van der Waals surface area contributed by atoms with Crippen molar-refractivity contribution in [3.63, 3.8) is 0 Å². The summed E-state index contributed by atoms with van der Waals surface area (Å²) in [5.74, 6) is 0. The monoisotopic (exact) mass is 214 g/mol. The van der Waals surface area contributed by atoms with E-state index in [0.717, 1.165) is 38.9 Å². The van der Waals surface area contributed by atoms with Crippen LogP contribution in [0.4, 0.5) is 4.79 Å². The van der Waals surface area contributed by atoms with Crippen molar-refractivity contribution in [1.29, 1.82) is 0 Å². The van der Waals surface area contributed by atoms with E-state index in [9.17, 15) is 4.79 Å². The third-order valence-corrected chi connectivity index (χ3v) is 2.80. The number of nitrogens with one attached hydrogen (secondary N) is 1. The van der Waals surface area contributed by atoms with Crippen LogP contribution in [0, 0.1) is 5.41 Å². The van der Waals surface area contributed by atoms with E-state index in [0.29, 0.717) is 0 Å². The molecule has 0 saturated carbocycles. The van der Waals surface area contributed by atoms with Gasteiger partial charge in [-0.1, -0.05) is 13.8 Å². The first kappa shape index (κ1) is 12.3. The van der Waals surface area contributed by atoms with Gasteiger partial charge in [0.1, 0.15) is 0 Å². The van der Waals surface area contributed by atoms with Crippen molar-refractivity contribution in [1.82, 2.24) is 10.2 Å². The molecule has 0 radical (unpaired) electrons. The van der Waals surface area contributed by atoms with Crippen molar-refractivity contribution >= 4 is 6.03 Å². The average Bonchev–Trinajstić information content (AvgIpc) is 2.18. The van der Waals surface area contributed by atoms with Gasteiger partial charge in [-0.15, -0.1) is 0 Å². The van der Waals surface area contributed by atoms with Crippen LogP contribution in [0.15, 0.2) is 0 Å². The molecular formula is C11H22N2O2. The number of hydrogen-bond donors (Lipinski definition) is 2. The zero-order valence-corrected chi connectivity index (χ0v) is 9.75. The lowest BCUT2D eigenvalue weighted by molar-refractivity contribution is 0.145. The Bertz CT molecular complexity index is 217. The van der Waals surface area contributed by atoms with E-state index >= 15 is 0 Å². The second kappa shape index (κ2) is 5.35. The number of hydrogen-bond acceptors (Lipinski definition) is 2. The molecule has 0 unspecified atom stereocenters. The van der Waals surface area contributed by atoms with Gasteiger partial charge in [-0.05, 0) is 24.7 Å². The molecular weight excluding hydrogens is 192 g/mol. The predicted octanol–water partition coefficient (Wildman–Crippen LogP) is 1.20. The first-order valence-corrected chi connectivity index (χ1v) is 5.69. The maximum atomic E-state index is 11.5. The van der Waals surface area contributed by atoms with E-state index in [1.54, 1.807) is 0 Å². The van der Waals surface area contributed by atoms with Crippen LogP contribution in [0.2, 0.25) is 0 Å². The summed E-state index contributed by atoms with van der Waals surface area (Å²) < 4.78 is 0. The molecule has 0 atom stereocenters. The number of carbonyl (C=O) groups is 1. The molecule has 0 aromatic heterocycles. The Labute approximate surface area is 91.6 Å². The largest absolute Gasteiger partial charge is 0.396 e. The van der Waals surface area contributed by atoms with Gasteiger partial charge in [0.2, 0.25) is 0 Å². The summed E-state index contributed by atoms with van der Waals surface area (Å²) in [6, 6.07) is 0.0540. The van der Waals surface area contributed by atoms with E-state index in [1.165, 1.54) is 0 Å². The second-order valence-electron chi connectivity index (χ2n) is 5.00. The second-order valence-corrected chi connectivity index (χ2v) is 5.00. The van der Waals surface area contributed by atoms with E-state index in [4.69, 9.17) is 5.11 Å². The first-order valence-electron chi connectivity index (χ1n) is 5.69. The van der Waals surface area contributed by atoms with Gasteiger partial charge in [0.15, 0.2) is 0 Å². The van der Waals surface area contributed by atoms with E-state index in [-0.39, 0.29) is 18.1 Å². The Hall–Kier alpha value is -0.770. The van der Waals surface area contributed by atoms with Crippen molar-refractivity contribution in [3.8, 4) is 0 Å². The highest BCUT2D eigenvalue weighted by molar-refractivity contribution is 5.74. The van der Waals surface area contributed by atoms with Gasteiger partial charge in [-0.2, -0.15) is 0 Å². The van der Waals surface area contributed by atoms with Crippen LogP contribution in [0.3, 0.4) is 0 Å². The van der Waals surface area contributed by atoms with Crippen molar-refractivity contribution in [2.45, 2.75) is 33.1 Å². The molecule has 2 amide bonds. The van der Waals surface area contributed by atoms with E-state index in [2.05, 4.69) is 19.2 Å². The molecule has 1 heterocycles. The molecule has 1 rings (SSSR count). The summed E-state index contributed by atoms with van der Waals surface area (Å²) >= 11 is 0. The normalized spacial score (nSPS) is 17.8. The lowest BCUT2D eigenvalue weighted by Gasteiger charge is -2.35. The van der Waals surface area contributed by atoms with Crippen LogP contribution >= 0.6 is 0 Å². The van der Waals surface area contributed by atoms with Crippen molar-refractivity contribution in [2.75, 3.05) is 26.2 Å². The van der Waals surface area contributed by atoms with Crippen molar-refractivity contribution in [3.05, 3.63) is 0 Å². The fourth-order valence-corrected chi connectivity index (χ4v) is 1.98. The molecule has 1 aliphatic rings. The van der Waals surface area contributed by atoms with Crippen LogP contribution in [0.5, 0.6) is 0 Å². The molecule has 0 aromatic rings. The van der Waals surface area contributed by atoms with Gasteiger partial charge < -0.3 is 15.3 Å². The van der Waals surface area contributed by atoms with Crippen molar-refractivity contribution in [2.24, 2.45) is 5.41 Å². The lowest BCUT2D eigenvalue weighted by atomic mass is 9.87. The summed E-state index contributed by atoms with van der Waals surface area (Å²) in [6.45, 7) is 6.95. The summed E-state index contributed by atoms with van der Waals surface area (Å²) in [7, 11) is 0. The molecule has 2 N–H and O–H groups in total. The number of nitrogens with zero attached hydrogens (tertiary/aromatic N) is 1. The highest BCUT2D eigenvalue weighted by Crippen LogP contribution is 2.24. The highest BCUT2D eigenvalue weighted by atomic mass is 16.3. The van der Waals surface area contributed by atoms with Crippen molar-refractivity contribution < 1.29 is 9.90 Å². The zero-order chi connectivity index (χ0) is 11.3. The number of urea groups is 1. The van der Waals surface area contributed by atoms with E-state index in [1.807, 2.05) is 4.90 Å². The van der Waals surface area contributed by atoms with Crippen LogP contribution in [-0.2, 0) is 0 Å². The molecule has 88 valence electrons. The Kier molecular flexibility index (Phi) is 4.39. The van der Waals surface area contributed by atoms with Crippen LogP contribution in [-0.4, -0.2) is 42.3 Å². The summed E-state index contributed by atoms with van der Waals surface area (Å²) in [6.07, 6.45) is 2.79. The number of rotatable bonds is 5. The summed E-state index contributed by atoms with van der Waals surface area (Å²) in [5, 5.41) is 11.6. The minimum absolute atomic E-state index is 0.0540. The Morgan fingerprint density at radius 2 is 2.27 bits per heavy atom. The SMILES string of the molecule is CC(C)(CCCO)CN1CCCNC1=O. The summed E-state index contributed by atoms with van der Waals surface area (Å²) in [5.41, 5.74) is 0.0947. The van der Waals surface area contributed by atoms with Gasteiger partial charge in [-0.3, -0.25) is 0 Å². The number of aliphatic hydroxyl groups excluding tert-OH is 1. The van der Waals surface area contributed by atoms with Crippen LogP contribution in [0.25, 0.3) is 0 Å². The quantitative estimate of drug-likeness (QED) is 0.722. The highest BCUT2D eigenvalue weighted by Gasteiger charge is 2.25. The van der Waals surface area contributed by atoms with Gasteiger partial charge >= 0.3 is 6.03 Å². The molecule has 0 aromatic carbocycles. The zero-order valence-electron chi connectivity index (χ0n) is 9.75. The maximum Gasteiger partial charge on any atom is 0.317 e. The number of amides is 2. The molecule has 0 aliphatic carbocycles. The third-order valence-electron chi connectivity index (χ3n) is 2.80. The maximum absolute atomic E-state index is 11.5. The smallest absolute Gasteiger partial charge is 0.317 e. The summed E-state index contributed by atoms with van der Waals surface area (Å²) in [4.78, 5) is 13.4. The van der Waals surface area contributed by atoms with E-state index < -0.39 is 0 Å². The van der Waals surface area contributed by atoms with Gasteiger partial charge in [0.05, 0.1) is 0 Å². The average molecular weight is 214 g/mol. The molecule has 1 aliphatic heterocycles. The third kappa shape index (κ3) is 4.08. The van der Waals surface area contributed by atoms with Gasteiger partial charge in [0, 0.05) is 26.2 Å². The fraction of sp³-hybridized carbons (Fsp3) is 0.909. The van der Waals surface area contributed by atoms with Crippen LogP contribution < -0.4 is 5.32 Å². The minimum atomic E-state index is 0.0540. The Morgan fingerprint density at radius 3 is 2.87 bits per heavy atom. The van der Waals surface area contributed by atoms with Crippen LogP contribution in [0.1, 0.15) is 33.1 Å². The standard InChI is InChI=1S/C11H22N2O2/c1-11(2,5-3-8-14)9-13-7-4-6-12-10(13)15/h14H,3-9H2,1-2H3,(H,12,15). The fourth-order valence-electron chi connectivity index (χ4n) is 1.98. The van der Waals surface area contributed by atoms with Gasteiger partial charge in [0.25, 0.3) is 0 Å². The number of carbonyl (C=O) groups excluding carboxylic acids is 1. The topological polar surface area (TPSA) is 52.6 Å². The molecule has 0 spiro atoms. The molecule has 1 fully saturated rings. The molecule has 4 nitrogen and oxygen atoms in total. The molecule has 15 heavy (non-hydrogen) atoms. The number of aliphatic hydroxyl groups is 1. The first-order chi connectivity index (χ1) is 7.05.